The van der Waals surface area contributed by atoms with E-state index in [9.17, 15) is 4.79 Å². The molecule has 2 aromatic rings. The van der Waals surface area contributed by atoms with Crippen LogP contribution in [0.15, 0.2) is 42.5 Å². The highest BCUT2D eigenvalue weighted by Crippen LogP contribution is 2.26. The number of carbonyl (C=O) groups is 1. The Kier molecular flexibility index (Phi) is 4.86. The van der Waals surface area contributed by atoms with Crippen molar-refractivity contribution in [2.24, 2.45) is 0 Å². The van der Waals surface area contributed by atoms with Gasteiger partial charge in [0, 0.05) is 0 Å². The Morgan fingerprint density at radius 1 is 1.24 bits per heavy atom. The molecule has 2 rings (SSSR count). The number of carboxylic acid groups (broad SMARTS) is 1. The first-order valence-corrected chi connectivity index (χ1v) is 7.06. The molecule has 0 heterocycles. The molecule has 4 heteroatoms. The Morgan fingerprint density at radius 3 is 2.52 bits per heavy atom. The number of rotatable bonds is 5. The number of aryl methyl sites for hydroxylation is 1. The van der Waals surface area contributed by atoms with E-state index in [2.05, 4.69) is 0 Å². The van der Waals surface area contributed by atoms with Crippen LogP contribution in [0.2, 0.25) is 5.02 Å². The monoisotopic (exact) mass is 304 g/mol. The fraction of sp³-hybridized carbons (Fsp3) is 0.235. The Labute approximate surface area is 129 Å². The highest BCUT2D eigenvalue weighted by atomic mass is 35.5. The van der Waals surface area contributed by atoms with Crippen LogP contribution in [0.5, 0.6) is 5.75 Å². The van der Waals surface area contributed by atoms with Crippen molar-refractivity contribution in [3.63, 3.8) is 0 Å². The molecular formula is C17H17ClO3. The van der Waals surface area contributed by atoms with E-state index >= 15 is 0 Å². The second-order valence-electron chi connectivity index (χ2n) is 5.02. The standard InChI is InChI=1S/C17H17ClO3/c1-11-3-8-15(18)16(9-11)21-10-13-4-6-14(7-5-13)12(2)17(19)20/h3-9,12H,10H2,1-2H3,(H,19,20). The molecule has 2 aromatic carbocycles. The molecule has 0 aliphatic carbocycles. The van der Waals surface area contributed by atoms with Gasteiger partial charge in [-0.3, -0.25) is 4.79 Å². The Hall–Kier alpha value is -2.00. The SMILES string of the molecule is Cc1ccc(Cl)c(OCc2ccc(C(C)C(=O)O)cc2)c1. The van der Waals surface area contributed by atoms with Crippen LogP contribution in [-0.4, -0.2) is 11.1 Å². The van der Waals surface area contributed by atoms with E-state index in [-0.39, 0.29) is 0 Å². The molecule has 1 atom stereocenters. The van der Waals surface area contributed by atoms with E-state index in [4.69, 9.17) is 21.4 Å². The number of hydrogen-bond acceptors (Lipinski definition) is 2. The molecule has 0 aliphatic rings. The van der Waals surface area contributed by atoms with Crippen LogP contribution in [0.4, 0.5) is 0 Å². The van der Waals surface area contributed by atoms with Crippen molar-refractivity contribution in [3.05, 3.63) is 64.2 Å². The topological polar surface area (TPSA) is 46.5 Å². The lowest BCUT2D eigenvalue weighted by molar-refractivity contribution is -0.138. The first-order valence-electron chi connectivity index (χ1n) is 6.68. The van der Waals surface area contributed by atoms with Crippen LogP contribution in [0.3, 0.4) is 0 Å². The summed E-state index contributed by atoms with van der Waals surface area (Å²) in [4.78, 5) is 10.9. The van der Waals surface area contributed by atoms with E-state index in [0.717, 1.165) is 16.7 Å². The molecule has 0 saturated carbocycles. The summed E-state index contributed by atoms with van der Waals surface area (Å²) in [5.41, 5.74) is 2.83. The number of ether oxygens (including phenoxy) is 1. The third-order valence-electron chi connectivity index (χ3n) is 3.33. The zero-order valence-corrected chi connectivity index (χ0v) is 12.7. The maximum absolute atomic E-state index is 10.9. The Bertz CT molecular complexity index is 635. The predicted octanol–water partition coefficient (Wildman–Crippen LogP) is 4.42. The predicted molar refractivity (Wildman–Crippen MR) is 83.0 cm³/mol. The summed E-state index contributed by atoms with van der Waals surface area (Å²) in [6.07, 6.45) is 0. The van der Waals surface area contributed by atoms with Gasteiger partial charge in [-0.1, -0.05) is 41.9 Å². The molecule has 0 fully saturated rings. The minimum absolute atomic E-state index is 0.394. The van der Waals surface area contributed by atoms with Crippen LogP contribution in [0.1, 0.15) is 29.5 Å². The smallest absolute Gasteiger partial charge is 0.310 e. The van der Waals surface area contributed by atoms with Gasteiger partial charge in [0.15, 0.2) is 0 Å². The third-order valence-corrected chi connectivity index (χ3v) is 3.64. The molecule has 0 bridgehead atoms. The van der Waals surface area contributed by atoms with Crippen LogP contribution >= 0.6 is 11.6 Å². The summed E-state index contributed by atoms with van der Waals surface area (Å²) in [6, 6.07) is 13.0. The summed E-state index contributed by atoms with van der Waals surface area (Å²) >= 11 is 6.07. The first kappa shape index (κ1) is 15.4. The fourth-order valence-electron chi connectivity index (χ4n) is 1.93. The quantitative estimate of drug-likeness (QED) is 0.889. The van der Waals surface area contributed by atoms with Crippen LogP contribution in [0.25, 0.3) is 0 Å². The van der Waals surface area contributed by atoms with Crippen molar-refractivity contribution in [2.45, 2.75) is 26.4 Å². The van der Waals surface area contributed by atoms with Crippen molar-refractivity contribution in [2.75, 3.05) is 0 Å². The highest BCUT2D eigenvalue weighted by molar-refractivity contribution is 6.32. The van der Waals surface area contributed by atoms with Gasteiger partial charge in [0.2, 0.25) is 0 Å². The average molecular weight is 305 g/mol. The lowest BCUT2D eigenvalue weighted by Gasteiger charge is -2.10. The molecule has 1 unspecified atom stereocenters. The normalized spacial score (nSPS) is 12.0. The zero-order chi connectivity index (χ0) is 15.4. The summed E-state index contributed by atoms with van der Waals surface area (Å²) in [7, 11) is 0. The molecule has 0 spiro atoms. The summed E-state index contributed by atoms with van der Waals surface area (Å²) in [6.45, 7) is 4.04. The van der Waals surface area contributed by atoms with E-state index in [1.54, 1.807) is 6.92 Å². The first-order chi connectivity index (χ1) is 9.97. The van der Waals surface area contributed by atoms with Crippen molar-refractivity contribution < 1.29 is 14.6 Å². The molecular weight excluding hydrogens is 288 g/mol. The number of aliphatic carboxylic acids is 1. The maximum atomic E-state index is 10.9. The van der Waals surface area contributed by atoms with Crippen molar-refractivity contribution in [1.29, 1.82) is 0 Å². The molecule has 110 valence electrons. The van der Waals surface area contributed by atoms with Gasteiger partial charge in [-0.2, -0.15) is 0 Å². The summed E-state index contributed by atoms with van der Waals surface area (Å²) < 4.78 is 5.70. The number of carboxylic acids is 1. The van der Waals surface area contributed by atoms with Gasteiger partial charge in [0.05, 0.1) is 10.9 Å². The van der Waals surface area contributed by atoms with E-state index in [1.807, 2.05) is 49.4 Å². The van der Waals surface area contributed by atoms with E-state index in [1.165, 1.54) is 0 Å². The van der Waals surface area contributed by atoms with E-state index in [0.29, 0.717) is 17.4 Å². The largest absolute Gasteiger partial charge is 0.487 e. The van der Waals surface area contributed by atoms with Gasteiger partial charge in [-0.15, -0.1) is 0 Å². The summed E-state index contributed by atoms with van der Waals surface area (Å²) in [5.74, 6) is -0.684. The van der Waals surface area contributed by atoms with Gasteiger partial charge in [0.1, 0.15) is 12.4 Å². The lowest BCUT2D eigenvalue weighted by atomic mass is 10.0. The lowest BCUT2D eigenvalue weighted by Crippen LogP contribution is -2.07. The minimum Gasteiger partial charge on any atom is -0.487 e. The second kappa shape index (κ2) is 6.64. The van der Waals surface area contributed by atoms with E-state index < -0.39 is 11.9 Å². The molecule has 0 aromatic heterocycles. The van der Waals surface area contributed by atoms with Gasteiger partial charge in [-0.05, 0) is 42.7 Å². The third kappa shape index (κ3) is 3.99. The molecule has 0 radical (unpaired) electrons. The maximum Gasteiger partial charge on any atom is 0.310 e. The average Bonchev–Trinajstić information content (AvgIpc) is 2.48. The van der Waals surface area contributed by atoms with Crippen LogP contribution in [-0.2, 0) is 11.4 Å². The Balaban J connectivity index is 2.04. The fourth-order valence-corrected chi connectivity index (χ4v) is 2.10. The number of hydrogen-bond donors (Lipinski definition) is 1. The van der Waals surface area contributed by atoms with Crippen molar-refractivity contribution in [3.8, 4) is 5.75 Å². The number of halogens is 1. The van der Waals surface area contributed by atoms with Gasteiger partial charge in [0.25, 0.3) is 0 Å². The van der Waals surface area contributed by atoms with Crippen LogP contribution < -0.4 is 4.74 Å². The van der Waals surface area contributed by atoms with Crippen molar-refractivity contribution >= 4 is 17.6 Å². The molecule has 0 aliphatic heterocycles. The molecule has 1 N–H and O–H groups in total. The minimum atomic E-state index is -0.828. The highest BCUT2D eigenvalue weighted by Gasteiger charge is 2.13. The molecule has 21 heavy (non-hydrogen) atoms. The zero-order valence-electron chi connectivity index (χ0n) is 12.0. The van der Waals surface area contributed by atoms with Gasteiger partial charge >= 0.3 is 5.97 Å². The van der Waals surface area contributed by atoms with Crippen molar-refractivity contribution in [1.82, 2.24) is 0 Å². The number of benzene rings is 2. The van der Waals surface area contributed by atoms with Crippen LogP contribution in [0, 0.1) is 6.92 Å². The van der Waals surface area contributed by atoms with Gasteiger partial charge < -0.3 is 9.84 Å². The van der Waals surface area contributed by atoms with Gasteiger partial charge in [-0.25, -0.2) is 0 Å². The summed E-state index contributed by atoms with van der Waals surface area (Å²) in [5, 5.41) is 9.55. The molecule has 3 nitrogen and oxygen atoms in total. The molecule has 0 saturated heterocycles. The molecule has 0 amide bonds. The Morgan fingerprint density at radius 2 is 1.90 bits per heavy atom. The second-order valence-corrected chi connectivity index (χ2v) is 5.43.